The van der Waals surface area contributed by atoms with E-state index < -0.39 is 0 Å². The smallest absolute Gasteiger partial charge is 0.293 e. The molecule has 0 bridgehead atoms. The highest BCUT2D eigenvalue weighted by Gasteiger charge is 2.34. The van der Waals surface area contributed by atoms with Gasteiger partial charge >= 0.3 is 0 Å². The zero-order chi connectivity index (χ0) is 19.7. The van der Waals surface area contributed by atoms with E-state index in [-0.39, 0.29) is 17.7 Å². The van der Waals surface area contributed by atoms with Gasteiger partial charge in [-0.3, -0.25) is 14.5 Å². The third kappa shape index (κ3) is 3.83. The molecule has 0 spiro atoms. The molecule has 3 rings (SSSR count). The van der Waals surface area contributed by atoms with Crippen LogP contribution in [-0.2, 0) is 9.53 Å². The first-order chi connectivity index (χ1) is 12.8. The molecule has 2 aromatic rings. The maximum Gasteiger partial charge on any atom is 0.293 e. The predicted molar refractivity (Wildman–Crippen MR) is 110 cm³/mol. The van der Waals surface area contributed by atoms with Crippen molar-refractivity contribution in [3.63, 3.8) is 0 Å². The molecule has 2 amide bonds. The molecule has 1 fully saturated rings. The van der Waals surface area contributed by atoms with Crippen molar-refractivity contribution >= 4 is 40.6 Å². The number of methoxy groups -OCH3 is 1. The van der Waals surface area contributed by atoms with Crippen LogP contribution >= 0.6 is 23.4 Å². The van der Waals surface area contributed by atoms with Gasteiger partial charge in [-0.15, -0.1) is 0 Å². The maximum absolute atomic E-state index is 12.5. The number of rotatable bonds is 5. The average molecular weight is 405 g/mol. The van der Waals surface area contributed by atoms with Crippen LogP contribution in [0.5, 0.6) is 0 Å². The van der Waals surface area contributed by atoms with E-state index in [2.05, 4.69) is 4.57 Å². The fourth-order valence-corrected chi connectivity index (χ4v) is 4.17. The highest BCUT2D eigenvalue weighted by atomic mass is 35.5. The predicted octanol–water partition coefficient (Wildman–Crippen LogP) is 4.74. The van der Waals surface area contributed by atoms with Crippen LogP contribution in [0.3, 0.4) is 0 Å². The van der Waals surface area contributed by atoms with E-state index in [9.17, 15) is 9.59 Å². The van der Waals surface area contributed by atoms with Crippen LogP contribution in [0, 0.1) is 20.8 Å². The molecule has 2 heterocycles. The number of carbonyl (C=O) groups excluding carboxylic acids is 2. The van der Waals surface area contributed by atoms with Crippen LogP contribution in [0.4, 0.5) is 4.79 Å². The average Bonchev–Trinajstić information content (AvgIpc) is 3.04. The molecule has 1 aromatic heterocycles. The molecule has 27 heavy (non-hydrogen) atoms. The first-order valence-electron chi connectivity index (χ1n) is 8.53. The summed E-state index contributed by atoms with van der Waals surface area (Å²) in [4.78, 5) is 26.3. The van der Waals surface area contributed by atoms with Gasteiger partial charge in [0.05, 0.1) is 18.1 Å². The fourth-order valence-electron chi connectivity index (χ4n) is 3.14. The van der Waals surface area contributed by atoms with E-state index in [0.29, 0.717) is 16.5 Å². The van der Waals surface area contributed by atoms with Gasteiger partial charge in [0.2, 0.25) is 0 Å². The molecular weight excluding hydrogens is 384 g/mol. The number of nitrogens with zero attached hydrogens (tertiary/aromatic N) is 2. The van der Waals surface area contributed by atoms with E-state index in [1.54, 1.807) is 13.2 Å². The van der Waals surface area contributed by atoms with E-state index in [4.69, 9.17) is 16.3 Å². The van der Waals surface area contributed by atoms with E-state index in [1.165, 1.54) is 4.90 Å². The Morgan fingerprint density at radius 2 is 1.93 bits per heavy atom. The standard InChI is InChI=1S/C20H21ClN2O3S/c1-12-5-6-16(21)11-17(12)23-13(2)9-15(14(23)3)10-18-19(24)22(7-8-26-4)20(25)27-18/h5-6,9-11H,7-8H2,1-4H3/b18-10+. The van der Waals surface area contributed by atoms with Gasteiger partial charge in [0.15, 0.2) is 0 Å². The molecule has 1 saturated heterocycles. The molecule has 7 heteroatoms. The van der Waals surface area contributed by atoms with Gasteiger partial charge in [0.1, 0.15) is 0 Å². The van der Waals surface area contributed by atoms with Gasteiger partial charge in [-0.25, -0.2) is 0 Å². The minimum Gasteiger partial charge on any atom is -0.383 e. The Labute approximate surface area is 167 Å². The number of hydrogen-bond acceptors (Lipinski definition) is 4. The molecule has 142 valence electrons. The number of benzene rings is 1. The Kier molecular flexibility index (Phi) is 5.79. The van der Waals surface area contributed by atoms with Crippen molar-refractivity contribution < 1.29 is 14.3 Å². The topological polar surface area (TPSA) is 51.5 Å². The van der Waals surface area contributed by atoms with Crippen LogP contribution in [0.1, 0.15) is 22.5 Å². The molecule has 1 aliphatic heterocycles. The lowest BCUT2D eigenvalue weighted by atomic mass is 10.2. The van der Waals surface area contributed by atoms with Crippen LogP contribution in [0.2, 0.25) is 5.02 Å². The Morgan fingerprint density at radius 1 is 1.19 bits per heavy atom. The molecule has 0 unspecified atom stereocenters. The lowest BCUT2D eigenvalue weighted by Crippen LogP contribution is -2.31. The summed E-state index contributed by atoms with van der Waals surface area (Å²) in [6, 6.07) is 7.79. The first kappa shape index (κ1) is 19.7. The zero-order valence-electron chi connectivity index (χ0n) is 15.7. The molecule has 0 saturated carbocycles. The summed E-state index contributed by atoms with van der Waals surface area (Å²) in [5.74, 6) is -0.272. The summed E-state index contributed by atoms with van der Waals surface area (Å²) in [6.45, 7) is 6.63. The SMILES string of the molecule is COCCN1C(=O)S/C(=C/c2cc(C)n(-c3cc(Cl)ccc3C)c2C)C1=O. The van der Waals surface area contributed by atoms with Gasteiger partial charge < -0.3 is 9.30 Å². The van der Waals surface area contributed by atoms with Gasteiger partial charge in [0, 0.05) is 29.2 Å². The van der Waals surface area contributed by atoms with Gasteiger partial charge in [-0.1, -0.05) is 17.7 Å². The molecule has 0 N–H and O–H groups in total. The van der Waals surface area contributed by atoms with Crippen LogP contribution < -0.4 is 0 Å². The lowest BCUT2D eigenvalue weighted by Gasteiger charge is -2.13. The third-order valence-corrected chi connectivity index (χ3v) is 5.70. The number of amides is 2. The van der Waals surface area contributed by atoms with Crippen molar-refractivity contribution in [2.45, 2.75) is 20.8 Å². The molecule has 0 atom stereocenters. The summed E-state index contributed by atoms with van der Waals surface area (Å²) >= 11 is 7.15. The highest BCUT2D eigenvalue weighted by Crippen LogP contribution is 2.34. The number of carbonyl (C=O) groups is 2. The molecule has 5 nitrogen and oxygen atoms in total. The van der Waals surface area contributed by atoms with E-state index in [0.717, 1.165) is 40.0 Å². The summed E-state index contributed by atoms with van der Waals surface area (Å²) in [7, 11) is 1.54. The highest BCUT2D eigenvalue weighted by molar-refractivity contribution is 8.18. The first-order valence-corrected chi connectivity index (χ1v) is 9.72. The van der Waals surface area contributed by atoms with E-state index in [1.807, 2.05) is 45.0 Å². The monoisotopic (exact) mass is 404 g/mol. The zero-order valence-corrected chi connectivity index (χ0v) is 17.3. The van der Waals surface area contributed by atoms with Crippen LogP contribution in [0.15, 0.2) is 29.2 Å². The van der Waals surface area contributed by atoms with Crippen LogP contribution in [0.25, 0.3) is 11.8 Å². The normalized spacial score (nSPS) is 16.0. The Balaban J connectivity index is 1.98. The summed E-state index contributed by atoms with van der Waals surface area (Å²) in [6.07, 6.45) is 1.79. The number of halogens is 1. The largest absolute Gasteiger partial charge is 0.383 e. The quantitative estimate of drug-likeness (QED) is 0.675. The lowest BCUT2D eigenvalue weighted by molar-refractivity contribution is -0.123. The molecular formula is C20H21ClN2O3S. The Hall–Kier alpha value is -2.02. The molecule has 1 aliphatic rings. The van der Waals surface area contributed by atoms with Gasteiger partial charge in [-0.05, 0) is 67.9 Å². The second kappa shape index (κ2) is 7.92. The number of aryl methyl sites for hydroxylation is 2. The number of aromatic nitrogens is 1. The number of hydrogen-bond donors (Lipinski definition) is 0. The minimum atomic E-state index is -0.272. The van der Waals surface area contributed by atoms with E-state index >= 15 is 0 Å². The maximum atomic E-state index is 12.5. The van der Waals surface area contributed by atoms with Crippen molar-refractivity contribution in [3.05, 3.63) is 56.7 Å². The Bertz CT molecular complexity index is 949. The Morgan fingerprint density at radius 3 is 2.63 bits per heavy atom. The van der Waals surface area contributed by atoms with Crippen molar-refractivity contribution in [1.82, 2.24) is 9.47 Å². The van der Waals surface area contributed by atoms with Crippen LogP contribution in [-0.4, -0.2) is 40.9 Å². The third-order valence-electron chi connectivity index (χ3n) is 4.56. The van der Waals surface area contributed by atoms with Crippen molar-refractivity contribution in [2.24, 2.45) is 0 Å². The second-order valence-electron chi connectivity index (χ2n) is 6.42. The molecule has 0 aliphatic carbocycles. The number of thioether (sulfide) groups is 1. The number of imide groups is 1. The summed E-state index contributed by atoms with van der Waals surface area (Å²) in [5.41, 5.74) is 5.03. The van der Waals surface area contributed by atoms with Crippen molar-refractivity contribution in [2.75, 3.05) is 20.3 Å². The minimum absolute atomic E-state index is 0.261. The number of ether oxygens (including phenoxy) is 1. The molecule has 1 aromatic carbocycles. The van der Waals surface area contributed by atoms with Gasteiger partial charge in [-0.2, -0.15) is 0 Å². The fraction of sp³-hybridized carbons (Fsp3) is 0.300. The van der Waals surface area contributed by atoms with Gasteiger partial charge in [0.25, 0.3) is 11.1 Å². The van der Waals surface area contributed by atoms with Crippen molar-refractivity contribution in [1.29, 1.82) is 0 Å². The molecule has 0 radical (unpaired) electrons. The summed E-state index contributed by atoms with van der Waals surface area (Å²) < 4.78 is 7.09. The van der Waals surface area contributed by atoms with Crippen molar-refractivity contribution in [3.8, 4) is 5.69 Å². The summed E-state index contributed by atoms with van der Waals surface area (Å²) in [5, 5.41) is 0.409. The second-order valence-corrected chi connectivity index (χ2v) is 7.85.